The first-order chi connectivity index (χ1) is 9.33. The van der Waals surface area contributed by atoms with Crippen LogP contribution in [0.4, 0.5) is 4.39 Å². The molecule has 1 aromatic rings. The molecule has 0 bridgehead atoms. The third-order valence-corrected chi connectivity index (χ3v) is 3.39. The van der Waals surface area contributed by atoms with Crippen LogP contribution in [0.3, 0.4) is 0 Å². The van der Waals surface area contributed by atoms with Crippen LogP contribution in [0.1, 0.15) is 32.8 Å². The van der Waals surface area contributed by atoms with Gasteiger partial charge in [-0.3, -0.25) is 4.79 Å². The summed E-state index contributed by atoms with van der Waals surface area (Å²) in [4.78, 5) is 11.6. The van der Waals surface area contributed by atoms with Crippen molar-refractivity contribution in [2.24, 2.45) is 5.92 Å². The Morgan fingerprint density at radius 1 is 1.45 bits per heavy atom. The van der Waals surface area contributed by atoms with E-state index in [1.54, 1.807) is 37.3 Å². The fraction of sp³-hybridized carbons (Fsp3) is 0.438. The molecule has 20 heavy (non-hydrogen) atoms. The number of amides is 1. The molecule has 0 spiro atoms. The van der Waals surface area contributed by atoms with E-state index in [4.69, 9.17) is 0 Å². The van der Waals surface area contributed by atoms with E-state index in [9.17, 15) is 14.3 Å². The van der Waals surface area contributed by atoms with Crippen LogP contribution in [0.5, 0.6) is 0 Å². The second kappa shape index (κ2) is 7.20. The predicted molar refractivity (Wildman–Crippen MR) is 78.5 cm³/mol. The van der Waals surface area contributed by atoms with Crippen LogP contribution in [0.25, 0.3) is 6.08 Å². The van der Waals surface area contributed by atoms with Gasteiger partial charge in [0.25, 0.3) is 0 Å². The molecular weight excluding hydrogens is 257 g/mol. The number of nitrogens with one attached hydrogen (secondary N) is 1. The second-order valence-corrected chi connectivity index (χ2v) is 5.42. The zero-order valence-corrected chi connectivity index (χ0v) is 12.2. The molecule has 3 nitrogen and oxygen atoms in total. The van der Waals surface area contributed by atoms with Crippen molar-refractivity contribution in [3.63, 3.8) is 0 Å². The number of carbonyl (C=O) groups excluding carboxylic acids is 1. The quantitative estimate of drug-likeness (QED) is 0.841. The van der Waals surface area contributed by atoms with Crippen LogP contribution in [-0.4, -0.2) is 23.2 Å². The van der Waals surface area contributed by atoms with Crippen molar-refractivity contribution in [1.29, 1.82) is 0 Å². The van der Waals surface area contributed by atoms with Gasteiger partial charge in [-0.1, -0.05) is 44.2 Å². The Labute approximate surface area is 119 Å². The largest absolute Gasteiger partial charge is 0.388 e. The van der Waals surface area contributed by atoms with Crippen LogP contribution in [0.15, 0.2) is 30.3 Å². The number of benzene rings is 1. The van der Waals surface area contributed by atoms with E-state index < -0.39 is 5.60 Å². The van der Waals surface area contributed by atoms with E-state index in [0.717, 1.165) is 0 Å². The molecule has 0 radical (unpaired) electrons. The minimum atomic E-state index is -0.926. The molecule has 0 aliphatic carbocycles. The molecular formula is C16H22FNO2. The van der Waals surface area contributed by atoms with E-state index in [1.807, 2.05) is 13.8 Å². The zero-order chi connectivity index (χ0) is 15.2. The van der Waals surface area contributed by atoms with Gasteiger partial charge in [-0.05, 0) is 18.9 Å². The predicted octanol–water partition coefficient (Wildman–Crippen LogP) is 2.75. The molecule has 0 aromatic heterocycles. The average Bonchev–Trinajstić information content (AvgIpc) is 2.38. The monoisotopic (exact) mass is 279 g/mol. The Balaban J connectivity index is 2.43. The summed E-state index contributed by atoms with van der Waals surface area (Å²) in [7, 11) is 0. The summed E-state index contributed by atoms with van der Waals surface area (Å²) in [6, 6.07) is 6.38. The first-order valence-electron chi connectivity index (χ1n) is 6.73. The summed E-state index contributed by atoms with van der Waals surface area (Å²) in [5.74, 6) is -0.456. The first-order valence-corrected chi connectivity index (χ1v) is 6.73. The number of aliphatic hydroxyl groups is 1. The van der Waals surface area contributed by atoms with Crippen molar-refractivity contribution < 1.29 is 14.3 Å². The highest BCUT2D eigenvalue weighted by atomic mass is 19.1. The fourth-order valence-electron chi connectivity index (χ4n) is 1.46. The highest BCUT2D eigenvalue weighted by molar-refractivity contribution is 5.78. The zero-order valence-electron chi connectivity index (χ0n) is 12.2. The number of hydrogen-bond acceptors (Lipinski definition) is 2. The second-order valence-electron chi connectivity index (χ2n) is 5.42. The van der Waals surface area contributed by atoms with Crippen LogP contribution in [0.2, 0.25) is 0 Å². The number of halogens is 1. The molecule has 1 rings (SSSR count). The van der Waals surface area contributed by atoms with Gasteiger partial charge in [0.05, 0.1) is 5.60 Å². The first kappa shape index (κ1) is 16.4. The third-order valence-electron chi connectivity index (χ3n) is 3.39. The van der Waals surface area contributed by atoms with Crippen molar-refractivity contribution >= 4 is 12.0 Å². The van der Waals surface area contributed by atoms with Crippen molar-refractivity contribution in [3.05, 3.63) is 41.7 Å². The maximum atomic E-state index is 13.3. The van der Waals surface area contributed by atoms with Gasteiger partial charge in [0.1, 0.15) is 5.82 Å². The molecule has 0 heterocycles. The van der Waals surface area contributed by atoms with E-state index in [0.29, 0.717) is 5.56 Å². The summed E-state index contributed by atoms with van der Waals surface area (Å²) in [5.41, 5.74) is -0.472. The molecule has 1 amide bonds. The summed E-state index contributed by atoms with van der Waals surface area (Å²) in [6.45, 7) is 5.68. The van der Waals surface area contributed by atoms with E-state index >= 15 is 0 Å². The van der Waals surface area contributed by atoms with Gasteiger partial charge in [0.2, 0.25) is 5.91 Å². The maximum Gasteiger partial charge on any atom is 0.223 e. The maximum absolute atomic E-state index is 13.3. The van der Waals surface area contributed by atoms with Gasteiger partial charge < -0.3 is 10.4 Å². The number of rotatable bonds is 6. The Hall–Kier alpha value is -1.68. The molecule has 1 atom stereocenters. The lowest BCUT2D eigenvalue weighted by Crippen LogP contribution is -2.44. The van der Waals surface area contributed by atoms with Crippen molar-refractivity contribution in [3.8, 4) is 0 Å². The van der Waals surface area contributed by atoms with Crippen molar-refractivity contribution in [2.45, 2.75) is 32.8 Å². The Morgan fingerprint density at radius 2 is 2.10 bits per heavy atom. The lowest BCUT2D eigenvalue weighted by atomic mass is 9.92. The highest BCUT2D eigenvalue weighted by Crippen LogP contribution is 2.14. The molecule has 0 aliphatic heterocycles. The lowest BCUT2D eigenvalue weighted by molar-refractivity contribution is -0.121. The van der Waals surface area contributed by atoms with Gasteiger partial charge in [-0.2, -0.15) is 0 Å². The topological polar surface area (TPSA) is 49.3 Å². The fourth-order valence-corrected chi connectivity index (χ4v) is 1.46. The Bertz CT molecular complexity index is 481. The van der Waals surface area contributed by atoms with E-state index in [2.05, 4.69) is 5.32 Å². The summed E-state index contributed by atoms with van der Waals surface area (Å²) >= 11 is 0. The molecule has 0 saturated heterocycles. The average molecular weight is 279 g/mol. The van der Waals surface area contributed by atoms with Crippen LogP contribution >= 0.6 is 0 Å². The van der Waals surface area contributed by atoms with Gasteiger partial charge in [-0.25, -0.2) is 4.39 Å². The van der Waals surface area contributed by atoms with Gasteiger partial charge in [0, 0.05) is 18.5 Å². The number of carbonyl (C=O) groups is 1. The molecule has 2 N–H and O–H groups in total. The van der Waals surface area contributed by atoms with Crippen molar-refractivity contribution in [1.82, 2.24) is 5.32 Å². The number of hydrogen-bond donors (Lipinski definition) is 2. The summed E-state index contributed by atoms with van der Waals surface area (Å²) in [6.07, 6.45) is 3.34. The molecule has 1 unspecified atom stereocenters. The van der Waals surface area contributed by atoms with Crippen LogP contribution in [-0.2, 0) is 4.79 Å². The minimum Gasteiger partial charge on any atom is -0.388 e. The van der Waals surface area contributed by atoms with E-state index in [-0.39, 0.29) is 30.6 Å². The molecule has 1 aromatic carbocycles. The smallest absolute Gasteiger partial charge is 0.223 e. The molecule has 0 fully saturated rings. The molecule has 0 saturated carbocycles. The molecule has 0 aliphatic rings. The summed E-state index contributed by atoms with van der Waals surface area (Å²) < 4.78 is 13.3. The summed E-state index contributed by atoms with van der Waals surface area (Å²) in [5, 5.41) is 12.7. The Morgan fingerprint density at radius 3 is 2.70 bits per heavy atom. The van der Waals surface area contributed by atoms with Crippen LogP contribution < -0.4 is 5.32 Å². The standard InChI is InChI=1S/C16H22FNO2/c1-12(2)16(3,20)11-18-15(19)10-6-8-13-7-4-5-9-14(13)17/h4-9,12,20H,10-11H2,1-3H3,(H,18,19)/b8-6+. The normalized spacial score (nSPS) is 14.5. The van der Waals surface area contributed by atoms with E-state index in [1.165, 1.54) is 6.07 Å². The SMILES string of the molecule is CC(C)C(C)(O)CNC(=O)C/C=C/c1ccccc1F. The Kier molecular flexibility index (Phi) is 5.89. The lowest BCUT2D eigenvalue weighted by Gasteiger charge is -2.27. The minimum absolute atomic E-state index is 0.0526. The van der Waals surface area contributed by atoms with Gasteiger partial charge >= 0.3 is 0 Å². The molecule has 110 valence electrons. The van der Waals surface area contributed by atoms with Gasteiger partial charge in [-0.15, -0.1) is 0 Å². The van der Waals surface area contributed by atoms with Crippen LogP contribution in [0, 0.1) is 11.7 Å². The van der Waals surface area contributed by atoms with Crippen molar-refractivity contribution in [2.75, 3.05) is 6.54 Å². The molecule has 4 heteroatoms. The third kappa shape index (κ3) is 5.13. The van der Waals surface area contributed by atoms with Gasteiger partial charge in [0.15, 0.2) is 0 Å². The highest BCUT2D eigenvalue weighted by Gasteiger charge is 2.24.